The van der Waals surface area contributed by atoms with Crippen LogP contribution in [0.2, 0.25) is 0 Å². The smallest absolute Gasteiger partial charge is 0.313 e. The molecule has 2 rings (SSSR count). The highest BCUT2D eigenvalue weighted by Gasteiger charge is 2.35. The van der Waals surface area contributed by atoms with E-state index in [-0.39, 0.29) is 0 Å². The van der Waals surface area contributed by atoms with Gasteiger partial charge in [0.2, 0.25) is 0 Å². The largest absolute Gasteiger partial charge is 0.481 e. The Morgan fingerprint density at radius 1 is 0.724 bits per heavy atom. The third kappa shape index (κ3) is 5.86. The molecule has 0 aliphatic carbocycles. The number of hydrogen-bond acceptors (Lipinski definition) is 3. The topological polar surface area (TPSA) is 74.6 Å². The normalized spacial score (nSPS) is 15.2. The Morgan fingerprint density at radius 2 is 1.07 bits per heavy atom. The van der Waals surface area contributed by atoms with Crippen LogP contribution in [0.3, 0.4) is 0 Å². The fourth-order valence-electron chi connectivity index (χ4n) is 3.52. The van der Waals surface area contributed by atoms with Crippen molar-refractivity contribution in [2.45, 2.75) is 50.4 Å². The van der Waals surface area contributed by atoms with Gasteiger partial charge < -0.3 is 10.2 Å². The SMILES string of the molecule is CC(CCCSCCCC(C)(C(=O)O)c1ccccc1)(C(=O)O)c1ccccc1. The van der Waals surface area contributed by atoms with Crippen molar-refractivity contribution >= 4 is 23.7 Å². The van der Waals surface area contributed by atoms with Gasteiger partial charge in [-0.05, 0) is 62.2 Å². The van der Waals surface area contributed by atoms with Gasteiger partial charge >= 0.3 is 11.9 Å². The third-order valence-corrected chi connectivity index (χ3v) is 6.85. The maximum absolute atomic E-state index is 11.8. The van der Waals surface area contributed by atoms with E-state index in [1.807, 2.05) is 60.7 Å². The molecule has 2 aromatic rings. The highest BCUT2D eigenvalue weighted by atomic mass is 32.2. The Kier molecular flexibility index (Phi) is 8.32. The first-order valence-electron chi connectivity index (χ1n) is 9.96. The van der Waals surface area contributed by atoms with Gasteiger partial charge in [0.15, 0.2) is 0 Å². The van der Waals surface area contributed by atoms with E-state index in [0.717, 1.165) is 35.5 Å². The van der Waals surface area contributed by atoms with Gasteiger partial charge in [-0.1, -0.05) is 60.7 Å². The van der Waals surface area contributed by atoms with Crippen molar-refractivity contribution in [2.75, 3.05) is 11.5 Å². The molecular formula is C24H30O4S. The number of benzene rings is 2. The van der Waals surface area contributed by atoms with E-state index in [0.29, 0.717) is 12.8 Å². The van der Waals surface area contributed by atoms with E-state index in [4.69, 9.17) is 0 Å². The van der Waals surface area contributed by atoms with Gasteiger partial charge in [-0.25, -0.2) is 0 Å². The van der Waals surface area contributed by atoms with Crippen LogP contribution in [0.25, 0.3) is 0 Å². The molecular weight excluding hydrogens is 384 g/mol. The van der Waals surface area contributed by atoms with E-state index in [2.05, 4.69) is 0 Å². The van der Waals surface area contributed by atoms with Crippen molar-refractivity contribution in [1.29, 1.82) is 0 Å². The average Bonchev–Trinajstić information content (AvgIpc) is 2.73. The van der Waals surface area contributed by atoms with Crippen LogP contribution in [0, 0.1) is 0 Å². The molecule has 0 radical (unpaired) electrons. The molecule has 4 nitrogen and oxygen atoms in total. The van der Waals surface area contributed by atoms with Crippen LogP contribution >= 0.6 is 11.8 Å². The van der Waals surface area contributed by atoms with Crippen LogP contribution in [-0.4, -0.2) is 33.7 Å². The lowest BCUT2D eigenvalue weighted by Gasteiger charge is -2.26. The molecule has 5 heteroatoms. The van der Waals surface area contributed by atoms with Crippen LogP contribution in [-0.2, 0) is 20.4 Å². The van der Waals surface area contributed by atoms with Crippen LogP contribution in [0.4, 0.5) is 0 Å². The molecule has 0 spiro atoms. The summed E-state index contributed by atoms with van der Waals surface area (Å²) in [5.41, 5.74) is -0.0937. The molecule has 29 heavy (non-hydrogen) atoms. The van der Waals surface area contributed by atoms with Crippen LogP contribution in [0.1, 0.15) is 50.7 Å². The number of rotatable bonds is 12. The Labute approximate surface area is 177 Å². The number of carboxylic acid groups (broad SMARTS) is 2. The summed E-state index contributed by atoms with van der Waals surface area (Å²) in [6.07, 6.45) is 2.76. The minimum atomic E-state index is -0.878. The summed E-state index contributed by atoms with van der Waals surface area (Å²) in [5, 5.41) is 19.4. The molecule has 2 N–H and O–H groups in total. The first-order valence-corrected chi connectivity index (χ1v) is 11.1. The van der Waals surface area contributed by atoms with E-state index >= 15 is 0 Å². The van der Waals surface area contributed by atoms with Crippen molar-refractivity contribution < 1.29 is 19.8 Å². The molecule has 0 heterocycles. The number of hydrogen-bond donors (Lipinski definition) is 2. The maximum atomic E-state index is 11.8. The van der Waals surface area contributed by atoms with Crippen molar-refractivity contribution in [1.82, 2.24) is 0 Å². The van der Waals surface area contributed by atoms with Gasteiger partial charge in [-0.15, -0.1) is 0 Å². The van der Waals surface area contributed by atoms with Gasteiger partial charge in [0.05, 0.1) is 10.8 Å². The van der Waals surface area contributed by atoms with Gasteiger partial charge in [0, 0.05) is 0 Å². The standard InChI is InChI=1S/C24H30O4S/c1-23(21(25)26,19-11-5-3-6-12-19)15-9-17-29-18-10-16-24(2,22(27)28)20-13-7-4-8-14-20/h3-8,11-14H,9-10,15-18H2,1-2H3,(H,25,26)(H,27,28). The molecule has 2 aromatic carbocycles. The fraction of sp³-hybridized carbons (Fsp3) is 0.417. The zero-order valence-corrected chi connectivity index (χ0v) is 18.0. The summed E-state index contributed by atoms with van der Waals surface area (Å²) in [4.78, 5) is 23.7. The Balaban J connectivity index is 1.79. The highest BCUT2D eigenvalue weighted by molar-refractivity contribution is 7.99. The van der Waals surface area contributed by atoms with Gasteiger partial charge in [-0.3, -0.25) is 9.59 Å². The first-order chi connectivity index (χ1) is 13.8. The van der Waals surface area contributed by atoms with E-state index < -0.39 is 22.8 Å². The van der Waals surface area contributed by atoms with E-state index in [9.17, 15) is 19.8 Å². The Bertz CT molecular complexity index is 726. The molecule has 0 aliphatic heterocycles. The lowest BCUT2D eigenvalue weighted by molar-refractivity contribution is -0.144. The zero-order valence-electron chi connectivity index (χ0n) is 17.1. The third-order valence-electron chi connectivity index (χ3n) is 5.70. The summed E-state index contributed by atoms with van der Waals surface area (Å²) in [5.74, 6) is 0.137. The summed E-state index contributed by atoms with van der Waals surface area (Å²) in [6.45, 7) is 3.57. The molecule has 2 unspecified atom stereocenters. The number of carbonyl (C=O) groups is 2. The minimum Gasteiger partial charge on any atom is -0.481 e. The molecule has 0 fully saturated rings. The molecule has 0 saturated heterocycles. The first kappa shape index (κ1) is 23.0. The van der Waals surface area contributed by atoms with Crippen LogP contribution in [0.5, 0.6) is 0 Å². The molecule has 2 atom stereocenters. The predicted molar refractivity (Wildman–Crippen MR) is 119 cm³/mol. The van der Waals surface area contributed by atoms with Crippen LogP contribution in [0.15, 0.2) is 60.7 Å². The Morgan fingerprint density at radius 3 is 1.38 bits per heavy atom. The minimum absolute atomic E-state index is 0.580. The molecule has 0 bridgehead atoms. The molecule has 0 aromatic heterocycles. The van der Waals surface area contributed by atoms with E-state index in [1.165, 1.54) is 0 Å². The van der Waals surface area contributed by atoms with E-state index in [1.54, 1.807) is 25.6 Å². The maximum Gasteiger partial charge on any atom is 0.313 e. The second kappa shape index (κ2) is 10.5. The Hall–Kier alpha value is -2.27. The highest BCUT2D eigenvalue weighted by Crippen LogP contribution is 2.32. The number of carboxylic acids is 2. The molecule has 0 saturated carbocycles. The quantitative estimate of drug-likeness (QED) is 0.457. The lowest BCUT2D eigenvalue weighted by atomic mass is 9.79. The van der Waals surface area contributed by atoms with Crippen molar-refractivity contribution in [2.24, 2.45) is 0 Å². The monoisotopic (exact) mass is 414 g/mol. The lowest BCUT2D eigenvalue weighted by Crippen LogP contribution is -2.32. The molecule has 156 valence electrons. The summed E-state index contributed by atoms with van der Waals surface area (Å²) >= 11 is 1.76. The second-order valence-corrected chi connectivity index (χ2v) is 9.05. The summed E-state index contributed by atoms with van der Waals surface area (Å²) in [6, 6.07) is 18.8. The number of thioether (sulfide) groups is 1. The second-order valence-electron chi connectivity index (χ2n) is 7.83. The predicted octanol–water partition coefficient (Wildman–Crippen LogP) is 5.37. The van der Waals surface area contributed by atoms with Crippen molar-refractivity contribution in [3.05, 3.63) is 71.8 Å². The van der Waals surface area contributed by atoms with Crippen LogP contribution < -0.4 is 0 Å². The van der Waals surface area contributed by atoms with Crippen molar-refractivity contribution in [3.8, 4) is 0 Å². The summed E-state index contributed by atoms with van der Waals surface area (Å²) in [7, 11) is 0. The van der Waals surface area contributed by atoms with Crippen molar-refractivity contribution in [3.63, 3.8) is 0 Å². The van der Waals surface area contributed by atoms with Gasteiger partial charge in [-0.2, -0.15) is 11.8 Å². The molecule has 0 aliphatic rings. The van der Waals surface area contributed by atoms with Gasteiger partial charge in [0.1, 0.15) is 0 Å². The average molecular weight is 415 g/mol. The molecule has 0 amide bonds. The number of aliphatic carboxylic acids is 2. The zero-order chi connectivity index (χ0) is 21.3. The fourth-order valence-corrected chi connectivity index (χ4v) is 4.42. The summed E-state index contributed by atoms with van der Waals surface area (Å²) < 4.78 is 0. The van der Waals surface area contributed by atoms with Gasteiger partial charge in [0.25, 0.3) is 0 Å².